The van der Waals surface area contributed by atoms with Gasteiger partial charge in [-0.25, -0.2) is 0 Å². The predicted octanol–water partition coefficient (Wildman–Crippen LogP) is 0.512. The summed E-state index contributed by atoms with van der Waals surface area (Å²) in [5, 5.41) is 9.06. The highest BCUT2D eigenvalue weighted by atomic mass is 32.2. The summed E-state index contributed by atoms with van der Waals surface area (Å²) in [5.74, 6) is -0.494. The molecule has 104 valence electrons. The molecule has 0 bridgehead atoms. The van der Waals surface area contributed by atoms with Gasteiger partial charge in [-0.05, 0) is 31.6 Å². The number of piperidine rings is 1. The Morgan fingerprint density at radius 2 is 1.78 bits per heavy atom. The van der Waals surface area contributed by atoms with Crippen molar-refractivity contribution in [1.82, 2.24) is 8.61 Å². The van der Waals surface area contributed by atoms with Gasteiger partial charge in [0.25, 0.3) is 10.2 Å². The first-order chi connectivity index (χ1) is 8.43. The van der Waals surface area contributed by atoms with Crippen LogP contribution in [-0.4, -0.2) is 53.8 Å². The molecule has 1 unspecified atom stereocenters. The van der Waals surface area contributed by atoms with Crippen molar-refractivity contribution < 1.29 is 18.3 Å². The van der Waals surface area contributed by atoms with Crippen LogP contribution in [0.15, 0.2) is 0 Å². The van der Waals surface area contributed by atoms with Gasteiger partial charge in [0.15, 0.2) is 0 Å². The van der Waals surface area contributed by atoms with Gasteiger partial charge in [0.2, 0.25) is 0 Å². The second kappa shape index (κ2) is 5.14. The fraction of sp³-hybridized carbons (Fsp3) is 0.909. The zero-order valence-corrected chi connectivity index (χ0v) is 11.4. The maximum atomic E-state index is 12.4. The number of hydrogen-bond donors (Lipinski definition) is 1. The molecule has 0 radical (unpaired) electrons. The van der Waals surface area contributed by atoms with Gasteiger partial charge >= 0.3 is 5.97 Å². The van der Waals surface area contributed by atoms with Crippen LogP contribution >= 0.6 is 0 Å². The Bertz CT molecular complexity index is 415. The summed E-state index contributed by atoms with van der Waals surface area (Å²) >= 11 is 0. The summed E-state index contributed by atoms with van der Waals surface area (Å²) in [6.07, 6.45) is 2.74. The Morgan fingerprint density at radius 1 is 1.17 bits per heavy atom. The molecule has 2 heterocycles. The monoisotopic (exact) mass is 276 g/mol. The maximum Gasteiger partial charge on any atom is 0.322 e. The number of carbonyl (C=O) groups is 1. The van der Waals surface area contributed by atoms with E-state index >= 15 is 0 Å². The van der Waals surface area contributed by atoms with E-state index in [0.717, 1.165) is 17.1 Å². The third-order valence-electron chi connectivity index (χ3n) is 3.85. The Labute approximate surface area is 108 Å². The lowest BCUT2D eigenvalue weighted by atomic mass is 10.0. The molecule has 0 spiro atoms. The standard InChI is InChI=1S/C11H20N2O4S/c1-9-4-7-12(8-5-9)18(16,17)13-6-2-3-10(13)11(14)15/h9-10H,2-8H2,1H3,(H,14,15). The minimum Gasteiger partial charge on any atom is -0.480 e. The van der Waals surface area contributed by atoms with Crippen LogP contribution in [0.25, 0.3) is 0 Å². The van der Waals surface area contributed by atoms with Gasteiger partial charge < -0.3 is 5.11 Å². The van der Waals surface area contributed by atoms with Crippen LogP contribution in [0, 0.1) is 5.92 Å². The van der Waals surface area contributed by atoms with Crippen molar-refractivity contribution in [2.24, 2.45) is 5.92 Å². The van der Waals surface area contributed by atoms with Crippen molar-refractivity contribution in [3.63, 3.8) is 0 Å². The minimum absolute atomic E-state index is 0.325. The van der Waals surface area contributed by atoms with Gasteiger partial charge in [0.1, 0.15) is 6.04 Å². The molecule has 18 heavy (non-hydrogen) atoms. The van der Waals surface area contributed by atoms with Crippen LogP contribution in [0.4, 0.5) is 0 Å². The molecule has 0 aromatic heterocycles. The van der Waals surface area contributed by atoms with Crippen LogP contribution in [0.3, 0.4) is 0 Å². The summed E-state index contributed by atoms with van der Waals surface area (Å²) in [5.41, 5.74) is 0. The lowest BCUT2D eigenvalue weighted by Gasteiger charge is -2.33. The van der Waals surface area contributed by atoms with Gasteiger partial charge in [-0.2, -0.15) is 17.0 Å². The van der Waals surface area contributed by atoms with Crippen LogP contribution in [-0.2, 0) is 15.0 Å². The molecule has 1 atom stereocenters. The lowest BCUT2D eigenvalue weighted by Crippen LogP contribution is -2.50. The van der Waals surface area contributed by atoms with Crippen molar-refractivity contribution >= 4 is 16.2 Å². The zero-order valence-electron chi connectivity index (χ0n) is 10.6. The van der Waals surface area contributed by atoms with Crippen LogP contribution in [0.5, 0.6) is 0 Å². The molecule has 0 aliphatic carbocycles. The SMILES string of the molecule is CC1CCN(S(=O)(=O)N2CCCC2C(=O)O)CC1. The Hall–Kier alpha value is -0.660. The quantitative estimate of drug-likeness (QED) is 0.815. The van der Waals surface area contributed by atoms with E-state index in [1.165, 1.54) is 4.31 Å². The summed E-state index contributed by atoms with van der Waals surface area (Å²) in [7, 11) is -3.59. The zero-order chi connectivity index (χ0) is 13.3. The normalized spacial score (nSPS) is 28.6. The smallest absolute Gasteiger partial charge is 0.322 e. The van der Waals surface area contributed by atoms with E-state index in [-0.39, 0.29) is 0 Å². The van der Waals surface area contributed by atoms with Gasteiger partial charge in [0, 0.05) is 19.6 Å². The second-order valence-electron chi connectivity index (χ2n) is 5.20. The molecule has 1 N–H and O–H groups in total. The van der Waals surface area contributed by atoms with E-state index in [0.29, 0.717) is 38.4 Å². The lowest BCUT2D eigenvalue weighted by molar-refractivity contribution is -0.140. The highest BCUT2D eigenvalue weighted by Gasteiger charge is 2.42. The van der Waals surface area contributed by atoms with Crippen LogP contribution in [0.1, 0.15) is 32.6 Å². The third kappa shape index (κ3) is 2.53. The molecule has 0 aromatic carbocycles. The minimum atomic E-state index is -3.59. The van der Waals surface area contributed by atoms with E-state index < -0.39 is 22.2 Å². The van der Waals surface area contributed by atoms with Crippen molar-refractivity contribution in [3.05, 3.63) is 0 Å². The van der Waals surface area contributed by atoms with Gasteiger partial charge in [-0.3, -0.25) is 4.79 Å². The Balaban J connectivity index is 2.13. The largest absolute Gasteiger partial charge is 0.480 e. The molecule has 2 fully saturated rings. The second-order valence-corrected chi connectivity index (χ2v) is 7.08. The van der Waals surface area contributed by atoms with Gasteiger partial charge in [0.05, 0.1) is 0 Å². The summed E-state index contributed by atoms with van der Waals surface area (Å²) in [6.45, 7) is 3.45. The predicted molar refractivity (Wildman–Crippen MR) is 66.3 cm³/mol. The Kier molecular flexibility index (Phi) is 3.93. The number of rotatable bonds is 3. The van der Waals surface area contributed by atoms with Crippen LogP contribution < -0.4 is 0 Å². The molecule has 0 amide bonds. The average Bonchev–Trinajstić information content (AvgIpc) is 2.79. The fourth-order valence-corrected chi connectivity index (χ4v) is 4.47. The van der Waals surface area contributed by atoms with E-state index in [2.05, 4.69) is 6.92 Å². The number of carboxylic acid groups (broad SMARTS) is 1. The molecule has 2 rings (SSSR count). The first-order valence-electron chi connectivity index (χ1n) is 6.42. The molecule has 7 heteroatoms. The Morgan fingerprint density at radius 3 is 2.33 bits per heavy atom. The first-order valence-corrected chi connectivity index (χ1v) is 7.82. The number of aliphatic carboxylic acids is 1. The van der Waals surface area contributed by atoms with E-state index in [9.17, 15) is 13.2 Å². The van der Waals surface area contributed by atoms with Crippen molar-refractivity contribution in [2.75, 3.05) is 19.6 Å². The molecule has 6 nitrogen and oxygen atoms in total. The molecule has 2 aliphatic heterocycles. The van der Waals surface area contributed by atoms with E-state index in [1.54, 1.807) is 0 Å². The summed E-state index contributed by atoms with van der Waals surface area (Å²) in [6, 6.07) is -0.880. The van der Waals surface area contributed by atoms with Crippen LogP contribution in [0.2, 0.25) is 0 Å². The summed E-state index contributed by atoms with van der Waals surface area (Å²) in [4.78, 5) is 11.1. The fourth-order valence-electron chi connectivity index (χ4n) is 2.63. The van der Waals surface area contributed by atoms with Crippen molar-refractivity contribution in [2.45, 2.75) is 38.6 Å². The molecular weight excluding hydrogens is 256 g/mol. The van der Waals surface area contributed by atoms with Gasteiger partial charge in [-0.1, -0.05) is 6.92 Å². The topological polar surface area (TPSA) is 77.9 Å². The maximum absolute atomic E-state index is 12.4. The summed E-state index contributed by atoms with van der Waals surface area (Å²) < 4.78 is 27.4. The van der Waals surface area contributed by atoms with E-state index in [1.807, 2.05) is 0 Å². The average molecular weight is 276 g/mol. The number of hydrogen-bond acceptors (Lipinski definition) is 3. The molecule has 0 aromatic rings. The van der Waals surface area contributed by atoms with Crippen molar-refractivity contribution in [1.29, 1.82) is 0 Å². The number of nitrogens with zero attached hydrogens (tertiary/aromatic N) is 2. The molecule has 2 saturated heterocycles. The highest BCUT2D eigenvalue weighted by Crippen LogP contribution is 2.26. The highest BCUT2D eigenvalue weighted by molar-refractivity contribution is 7.86. The van der Waals surface area contributed by atoms with E-state index in [4.69, 9.17) is 5.11 Å². The molecule has 2 aliphatic rings. The molecular formula is C11H20N2O4S. The van der Waals surface area contributed by atoms with Gasteiger partial charge in [-0.15, -0.1) is 0 Å². The number of carboxylic acids is 1. The molecule has 0 saturated carbocycles. The third-order valence-corrected chi connectivity index (χ3v) is 5.90. The van der Waals surface area contributed by atoms with Crippen molar-refractivity contribution in [3.8, 4) is 0 Å². The first kappa shape index (κ1) is 13.8.